The summed E-state index contributed by atoms with van der Waals surface area (Å²) < 4.78 is 5.34. The first-order chi connectivity index (χ1) is 7.19. The monoisotopic (exact) mass is 207 g/mol. The average Bonchev–Trinajstić information content (AvgIpc) is 2.25. The van der Waals surface area contributed by atoms with Gasteiger partial charge in [-0.05, 0) is 24.1 Å². The van der Waals surface area contributed by atoms with Crippen molar-refractivity contribution in [3.63, 3.8) is 0 Å². The molecule has 0 aliphatic rings. The molecule has 2 nitrogen and oxygen atoms in total. The highest BCUT2D eigenvalue weighted by molar-refractivity contribution is 5.38. The maximum absolute atomic E-state index is 5.34. The Morgan fingerprint density at radius 1 is 1.33 bits per heavy atom. The molecule has 0 unspecified atom stereocenters. The van der Waals surface area contributed by atoms with Crippen LogP contribution in [0.25, 0.3) is 0 Å². The summed E-state index contributed by atoms with van der Waals surface area (Å²) in [5.41, 5.74) is 2.61. The maximum Gasteiger partial charge on any atom is 0.123 e. The molecule has 1 rings (SSSR count). The number of benzene rings is 1. The van der Waals surface area contributed by atoms with Crippen LogP contribution in [0.5, 0.6) is 5.75 Å². The van der Waals surface area contributed by atoms with Gasteiger partial charge in [-0.1, -0.05) is 32.9 Å². The third kappa shape index (κ3) is 3.24. The number of ether oxygens (including phenoxy) is 1. The van der Waals surface area contributed by atoms with Crippen LogP contribution in [-0.4, -0.2) is 13.7 Å². The molecule has 1 N–H and O–H groups in total. The smallest absolute Gasteiger partial charge is 0.123 e. The third-order valence-corrected chi connectivity index (χ3v) is 2.54. The van der Waals surface area contributed by atoms with Crippen molar-refractivity contribution in [2.45, 2.75) is 33.2 Å². The molecule has 0 atom stereocenters. The first-order valence-electron chi connectivity index (χ1n) is 5.56. The summed E-state index contributed by atoms with van der Waals surface area (Å²) in [4.78, 5) is 0. The fourth-order valence-corrected chi connectivity index (χ4v) is 1.56. The molecule has 0 aliphatic carbocycles. The Bertz CT molecular complexity index is 307. The zero-order valence-electron chi connectivity index (χ0n) is 10.1. The van der Waals surface area contributed by atoms with E-state index in [0.717, 1.165) is 18.8 Å². The minimum absolute atomic E-state index is 0.566. The number of nitrogens with one attached hydrogen (secondary N) is 1. The van der Waals surface area contributed by atoms with Crippen LogP contribution in [0, 0.1) is 0 Å². The van der Waals surface area contributed by atoms with Crippen LogP contribution in [0.2, 0.25) is 0 Å². The lowest BCUT2D eigenvalue weighted by Gasteiger charge is -2.12. The van der Waals surface area contributed by atoms with Crippen molar-refractivity contribution < 1.29 is 4.74 Å². The highest BCUT2D eigenvalue weighted by atomic mass is 16.5. The van der Waals surface area contributed by atoms with Gasteiger partial charge in [0.25, 0.3) is 0 Å². The predicted molar refractivity (Wildman–Crippen MR) is 64.5 cm³/mol. The normalized spacial score (nSPS) is 10.7. The van der Waals surface area contributed by atoms with Gasteiger partial charge in [-0.3, -0.25) is 0 Å². The molecule has 1 aromatic carbocycles. The summed E-state index contributed by atoms with van der Waals surface area (Å²) in [6.07, 6.45) is 0. The standard InChI is InChI=1S/C13H21NO/c1-5-14-9-12-8-11(10(2)3)6-7-13(12)15-4/h6-8,10,14H,5,9H2,1-4H3. The van der Waals surface area contributed by atoms with E-state index in [0.29, 0.717) is 5.92 Å². The molecule has 0 heterocycles. The van der Waals surface area contributed by atoms with E-state index < -0.39 is 0 Å². The van der Waals surface area contributed by atoms with Crippen molar-refractivity contribution in [3.8, 4) is 5.75 Å². The van der Waals surface area contributed by atoms with Gasteiger partial charge in [-0.15, -0.1) is 0 Å². The number of methoxy groups -OCH3 is 1. The van der Waals surface area contributed by atoms with E-state index in [1.807, 2.05) is 0 Å². The van der Waals surface area contributed by atoms with E-state index in [4.69, 9.17) is 4.74 Å². The molecule has 1 aromatic rings. The molecule has 0 amide bonds. The van der Waals surface area contributed by atoms with Gasteiger partial charge in [-0.2, -0.15) is 0 Å². The van der Waals surface area contributed by atoms with E-state index in [1.165, 1.54) is 11.1 Å². The fraction of sp³-hybridized carbons (Fsp3) is 0.538. The van der Waals surface area contributed by atoms with Crippen molar-refractivity contribution in [1.82, 2.24) is 5.32 Å². The molecule has 2 heteroatoms. The molecule has 0 aliphatic heterocycles. The van der Waals surface area contributed by atoms with E-state index >= 15 is 0 Å². The van der Waals surface area contributed by atoms with Crippen molar-refractivity contribution >= 4 is 0 Å². The molecule has 0 saturated carbocycles. The first kappa shape index (κ1) is 12.1. The summed E-state index contributed by atoms with van der Waals surface area (Å²) in [5.74, 6) is 1.54. The third-order valence-electron chi connectivity index (χ3n) is 2.54. The van der Waals surface area contributed by atoms with Crippen LogP contribution in [-0.2, 0) is 6.54 Å². The van der Waals surface area contributed by atoms with Gasteiger partial charge in [0.2, 0.25) is 0 Å². The second kappa shape index (κ2) is 5.76. The van der Waals surface area contributed by atoms with Gasteiger partial charge >= 0.3 is 0 Å². The number of hydrogen-bond donors (Lipinski definition) is 1. The van der Waals surface area contributed by atoms with Crippen LogP contribution in [0.4, 0.5) is 0 Å². The molecule has 84 valence electrons. The maximum atomic E-state index is 5.34. The van der Waals surface area contributed by atoms with Crippen molar-refractivity contribution in [1.29, 1.82) is 0 Å². The van der Waals surface area contributed by atoms with Crippen LogP contribution in [0.15, 0.2) is 18.2 Å². The molecule has 0 spiro atoms. The molecule has 0 saturated heterocycles. The summed E-state index contributed by atoms with van der Waals surface area (Å²) in [7, 11) is 1.72. The Balaban J connectivity index is 2.91. The lowest BCUT2D eigenvalue weighted by Crippen LogP contribution is -2.12. The molecule has 0 bridgehead atoms. The Labute approximate surface area is 92.6 Å². The van der Waals surface area contributed by atoms with E-state index in [2.05, 4.69) is 44.3 Å². The Kier molecular flexibility index (Phi) is 4.63. The molecule has 0 aromatic heterocycles. The molecule has 15 heavy (non-hydrogen) atoms. The summed E-state index contributed by atoms with van der Waals surface area (Å²) in [6, 6.07) is 6.42. The van der Waals surface area contributed by atoms with E-state index in [1.54, 1.807) is 7.11 Å². The van der Waals surface area contributed by atoms with Crippen molar-refractivity contribution in [2.24, 2.45) is 0 Å². The van der Waals surface area contributed by atoms with Gasteiger partial charge in [0.1, 0.15) is 5.75 Å². The van der Waals surface area contributed by atoms with Crippen LogP contribution in [0.3, 0.4) is 0 Å². The highest BCUT2D eigenvalue weighted by Gasteiger charge is 2.05. The van der Waals surface area contributed by atoms with E-state index in [9.17, 15) is 0 Å². The van der Waals surface area contributed by atoms with Crippen molar-refractivity contribution in [2.75, 3.05) is 13.7 Å². The Morgan fingerprint density at radius 2 is 2.07 bits per heavy atom. The molecular formula is C13H21NO. The fourth-order valence-electron chi connectivity index (χ4n) is 1.56. The van der Waals surface area contributed by atoms with Crippen LogP contribution >= 0.6 is 0 Å². The van der Waals surface area contributed by atoms with Gasteiger partial charge in [0.05, 0.1) is 7.11 Å². The summed E-state index contributed by atoms with van der Waals surface area (Å²) in [5, 5.41) is 3.33. The number of rotatable bonds is 5. The van der Waals surface area contributed by atoms with Gasteiger partial charge < -0.3 is 10.1 Å². The topological polar surface area (TPSA) is 21.3 Å². The molecule has 0 radical (unpaired) electrons. The molecule has 0 fully saturated rings. The Hall–Kier alpha value is -1.02. The zero-order chi connectivity index (χ0) is 11.3. The zero-order valence-corrected chi connectivity index (χ0v) is 10.1. The largest absolute Gasteiger partial charge is 0.496 e. The minimum Gasteiger partial charge on any atom is -0.496 e. The second-order valence-electron chi connectivity index (χ2n) is 4.01. The van der Waals surface area contributed by atoms with Gasteiger partial charge in [-0.25, -0.2) is 0 Å². The summed E-state index contributed by atoms with van der Waals surface area (Å²) >= 11 is 0. The summed E-state index contributed by atoms with van der Waals surface area (Å²) in [6.45, 7) is 8.38. The quantitative estimate of drug-likeness (QED) is 0.801. The predicted octanol–water partition coefficient (Wildman–Crippen LogP) is 2.93. The Morgan fingerprint density at radius 3 is 2.60 bits per heavy atom. The second-order valence-corrected chi connectivity index (χ2v) is 4.01. The lowest BCUT2D eigenvalue weighted by atomic mass is 10.0. The minimum atomic E-state index is 0.566. The van der Waals surface area contributed by atoms with Crippen LogP contribution < -0.4 is 10.1 Å². The van der Waals surface area contributed by atoms with Crippen LogP contribution in [0.1, 0.15) is 37.8 Å². The van der Waals surface area contributed by atoms with Crippen molar-refractivity contribution in [3.05, 3.63) is 29.3 Å². The van der Waals surface area contributed by atoms with Gasteiger partial charge in [0, 0.05) is 12.1 Å². The average molecular weight is 207 g/mol. The number of hydrogen-bond acceptors (Lipinski definition) is 2. The van der Waals surface area contributed by atoms with Gasteiger partial charge in [0.15, 0.2) is 0 Å². The SMILES string of the molecule is CCNCc1cc(C(C)C)ccc1OC. The first-order valence-corrected chi connectivity index (χ1v) is 5.56. The molecular weight excluding hydrogens is 186 g/mol. The lowest BCUT2D eigenvalue weighted by molar-refractivity contribution is 0.407. The highest BCUT2D eigenvalue weighted by Crippen LogP contribution is 2.23. The van der Waals surface area contributed by atoms with E-state index in [-0.39, 0.29) is 0 Å².